The summed E-state index contributed by atoms with van der Waals surface area (Å²) in [5.41, 5.74) is 1.12. The zero-order valence-corrected chi connectivity index (χ0v) is 19.7. The van der Waals surface area contributed by atoms with Crippen LogP contribution in [0.3, 0.4) is 0 Å². The van der Waals surface area contributed by atoms with Crippen molar-refractivity contribution in [2.75, 3.05) is 33.4 Å². The van der Waals surface area contributed by atoms with Gasteiger partial charge in [0.25, 0.3) is 0 Å². The lowest BCUT2D eigenvalue weighted by Crippen LogP contribution is -2.50. The van der Waals surface area contributed by atoms with Crippen LogP contribution < -0.4 is 4.74 Å². The van der Waals surface area contributed by atoms with Crippen LogP contribution in [0.4, 0.5) is 0 Å². The van der Waals surface area contributed by atoms with E-state index in [4.69, 9.17) is 21.1 Å². The van der Waals surface area contributed by atoms with E-state index in [9.17, 15) is 9.59 Å². The Morgan fingerprint density at radius 1 is 1.29 bits per heavy atom. The van der Waals surface area contributed by atoms with Crippen molar-refractivity contribution >= 4 is 34.8 Å². The molecule has 1 aliphatic rings. The van der Waals surface area contributed by atoms with E-state index in [1.54, 1.807) is 28.4 Å². The SMILES string of the molecule is CC[C@@H](C)N(CC(=O)N1CCc2sccc2[C@@H]1COc1ccc(Cl)cc1)C(=O)COC. The predicted octanol–water partition coefficient (Wildman–Crippen LogP) is 4.18. The highest BCUT2D eigenvalue weighted by Gasteiger charge is 2.34. The Morgan fingerprint density at radius 3 is 2.71 bits per heavy atom. The van der Waals surface area contributed by atoms with Crippen molar-refractivity contribution in [1.82, 2.24) is 9.80 Å². The number of benzene rings is 1. The lowest BCUT2D eigenvalue weighted by Gasteiger charge is -2.38. The van der Waals surface area contributed by atoms with Gasteiger partial charge in [0.1, 0.15) is 25.5 Å². The molecule has 2 aromatic rings. The maximum absolute atomic E-state index is 13.4. The van der Waals surface area contributed by atoms with Gasteiger partial charge in [-0.25, -0.2) is 0 Å². The molecule has 0 saturated carbocycles. The molecule has 0 N–H and O–H groups in total. The fraction of sp³-hybridized carbons (Fsp3) is 0.478. The Hall–Kier alpha value is -2.09. The quantitative estimate of drug-likeness (QED) is 0.558. The molecule has 0 spiro atoms. The maximum Gasteiger partial charge on any atom is 0.249 e. The lowest BCUT2D eigenvalue weighted by atomic mass is 10.00. The van der Waals surface area contributed by atoms with Crippen molar-refractivity contribution in [3.8, 4) is 5.75 Å². The van der Waals surface area contributed by atoms with Crippen LogP contribution in [-0.2, 0) is 20.7 Å². The second-order valence-corrected chi connectivity index (χ2v) is 9.07. The van der Waals surface area contributed by atoms with Gasteiger partial charge in [0.2, 0.25) is 11.8 Å². The van der Waals surface area contributed by atoms with E-state index in [1.807, 2.05) is 30.9 Å². The topological polar surface area (TPSA) is 59.1 Å². The fourth-order valence-electron chi connectivity index (χ4n) is 3.73. The number of carbonyl (C=O) groups excluding carboxylic acids is 2. The molecule has 6 nitrogen and oxygen atoms in total. The number of fused-ring (bicyclic) bond motifs is 1. The Balaban J connectivity index is 1.77. The van der Waals surface area contributed by atoms with Crippen molar-refractivity contribution < 1.29 is 19.1 Å². The van der Waals surface area contributed by atoms with E-state index < -0.39 is 0 Å². The van der Waals surface area contributed by atoms with Crippen LogP contribution in [0, 0.1) is 0 Å². The zero-order chi connectivity index (χ0) is 22.4. The first-order valence-corrected chi connectivity index (χ1v) is 11.7. The molecule has 0 bridgehead atoms. The summed E-state index contributed by atoms with van der Waals surface area (Å²) in [6.07, 6.45) is 1.58. The molecule has 1 aromatic heterocycles. The van der Waals surface area contributed by atoms with Crippen LogP contribution in [0.15, 0.2) is 35.7 Å². The molecule has 2 amide bonds. The van der Waals surface area contributed by atoms with Crippen molar-refractivity contribution in [3.05, 3.63) is 51.2 Å². The number of ether oxygens (including phenoxy) is 2. The number of methoxy groups -OCH3 is 1. The summed E-state index contributed by atoms with van der Waals surface area (Å²) in [5, 5.41) is 2.70. The molecular weight excluding hydrogens is 436 g/mol. The van der Waals surface area contributed by atoms with Crippen molar-refractivity contribution in [2.45, 2.75) is 38.8 Å². The summed E-state index contributed by atoms with van der Waals surface area (Å²) in [4.78, 5) is 30.6. The third kappa shape index (κ3) is 5.79. The highest BCUT2D eigenvalue weighted by atomic mass is 35.5. The van der Waals surface area contributed by atoms with Gasteiger partial charge in [-0.05, 0) is 61.0 Å². The van der Waals surface area contributed by atoms with Crippen LogP contribution in [0.2, 0.25) is 5.02 Å². The highest BCUT2D eigenvalue weighted by Crippen LogP contribution is 2.34. The smallest absolute Gasteiger partial charge is 0.249 e. The number of hydrogen-bond acceptors (Lipinski definition) is 5. The minimum atomic E-state index is -0.200. The number of amides is 2. The Labute approximate surface area is 192 Å². The second kappa shape index (κ2) is 11.0. The number of carbonyl (C=O) groups is 2. The summed E-state index contributed by atoms with van der Waals surface area (Å²) in [5.74, 6) is 0.453. The molecule has 1 aromatic carbocycles. The third-order valence-electron chi connectivity index (χ3n) is 5.65. The molecule has 168 valence electrons. The molecule has 0 aliphatic carbocycles. The van der Waals surface area contributed by atoms with Gasteiger partial charge in [-0.3, -0.25) is 9.59 Å². The Bertz CT molecular complexity index is 886. The van der Waals surface area contributed by atoms with E-state index in [-0.39, 0.29) is 37.0 Å². The molecular formula is C23H29ClN2O4S. The number of nitrogens with zero attached hydrogens (tertiary/aromatic N) is 2. The normalized spacial score (nSPS) is 16.5. The predicted molar refractivity (Wildman–Crippen MR) is 123 cm³/mol. The summed E-state index contributed by atoms with van der Waals surface area (Å²) in [6.45, 7) is 4.91. The Morgan fingerprint density at radius 2 is 2.03 bits per heavy atom. The molecule has 0 unspecified atom stereocenters. The van der Waals surface area contributed by atoms with Gasteiger partial charge >= 0.3 is 0 Å². The minimum Gasteiger partial charge on any atom is -0.491 e. The third-order valence-corrected chi connectivity index (χ3v) is 6.90. The largest absolute Gasteiger partial charge is 0.491 e. The highest BCUT2D eigenvalue weighted by molar-refractivity contribution is 7.10. The summed E-state index contributed by atoms with van der Waals surface area (Å²) >= 11 is 7.67. The molecule has 3 rings (SSSR count). The zero-order valence-electron chi connectivity index (χ0n) is 18.2. The molecule has 8 heteroatoms. The average molecular weight is 465 g/mol. The van der Waals surface area contributed by atoms with E-state index in [0.29, 0.717) is 23.9 Å². The van der Waals surface area contributed by atoms with Crippen LogP contribution in [0.25, 0.3) is 0 Å². The van der Waals surface area contributed by atoms with Crippen molar-refractivity contribution in [1.29, 1.82) is 0 Å². The molecule has 0 saturated heterocycles. The lowest BCUT2D eigenvalue weighted by molar-refractivity contribution is -0.146. The number of rotatable bonds is 9. The van der Waals surface area contributed by atoms with Gasteiger partial charge in [0, 0.05) is 29.6 Å². The molecule has 0 fully saturated rings. The number of hydrogen-bond donors (Lipinski definition) is 0. The van der Waals surface area contributed by atoms with Gasteiger partial charge in [0.15, 0.2) is 0 Å². The van der Waals surface area contributed by atoms with Crippen LogP contribution >= 0.6 is 22.9 Å². The molecule has 31 heavy (non-hydrogen) atoms. The summed E-state index contributed by atoms with van der Waals surface area (Å²) in [6, 6.07) is 9.02. The van der Waals surface area contributed by atoms with E-state index >= 15 is 0 Å². The maximum atomic E-state index is 13.4. The van der Waals surface area contributed by atoms with Crippen molar-refractivity contribution in [2.24, 2.45) is 0 Å². The monoisotopic (exact) mass is 464 g/mol. The molecule has 2 heterocycles. The van der Waals surface area contributed by atoms with Gasteiger partial charge < -0.3 is 19.3 Å². The van der Waals surface area contributed by atoms with Crippen molar-refractivity contribution in [3.63, 3.8) is 0 Å². The average Bonchev–Trinajstić information content (AvgIpc) is 3.25. The van der Waals surface area contributed by atoms with Gasteiger partial charge in [-0.15, -0.1) is 11.3 Å². The fourth-order valence-corrected chi connectivity index (χ4v) is 4.79. The van der Waals surface area contributed by atoms with Gasteiger partial charge in [-0.1, -0.05) is 18.5 Å². The Kier molecular flexibility index (Phi) is 8.35. The van der Waals surface area contributed by atoms with Gasteiger partial charge in [-0.2, -0.15) is 0 Å². The first-order valence-electron chi connectivity index (χ1n) is 10.5. The first kappa shape index (κ1) is 23.6. The van der Waals surface area contributed by atoms with E-state index in [2.05, 4.69) is 11.4 Å². The standard InChI is InChI=1S/C23H29ClN2O4S/c1-4-16(2)26(23(28)15-29-3)13-22(27)25-11-9-21-19(10-12-31-21)20(25)14-30-18-7-5-17(24)6-8-18/h5-8,10,12,16,20H,4,9,11,13-15H2,1-3H3/t16-,20+/m1/s1. The van der Waals surface area contributed by atoms with Gasteiger partial charge in [0.05, 0.1) is 6.04 Å². The molecule has 0 radical (unpaired) electrons. The number of thiophene rings is 1. The van der Waals surface area contributed by atoms with E-state index in [1.165, 1.54) is 12.0 Å². The van der Waals surface area contributed by atoms with Crippen LogP contribution in [0.5, 0.6) is 5.75 Å². The second-order valence-electron chi connectivity index (χ2n) is 7.63. The van der Waals surface area contributed by atoms with Crippen LogP contribution in [-0.4, -0.2) is 61.1 Å². The molecule has 1 aliphatic heterocycles. The summed E-state index contributed by atoms with van der Waals surface area (Å²) in [7, 11) is 1.49. The van der Waals surface area contributed by atoms with E-state index in [0.717, 1.165) is 18.4 Å². The minimum absolute atomic E-state index is 0.0323. The number of halogens is 1. The first-order chi connectivity index (χ1) is 14.9. The summed E-state index contributed by atoms with van der Waals surface area (Å²) < 4.78 is 11.0. The van der Waals surface area contributed by atoms with Crippen LogP contribution in [0.1, 0.15) is 36.8 Å². The molecule has 2 atom stereocenters.